The van der Waals surface area contributed by atoms with Gasteiger partial charge in [0.15, 0.2) is 0 Å². The Balaban J connectivity index is 1.55. The molecule has 2 amide bonds. The fourth-order valence-corrected chi connectivity index (χ4v) is 3.12. The molecule has 0 spiro atoms. The van der Waals surface area contributed by atoms with Crippen molar-refractivity contribution in [3.8, 4) is 11.5 Å². The molecule has 3 rings (SSSR count). The van der Waals surface area contributed by atoms with Crippen LogP contribution in [-0.2, 0) is 16.2 Å². The smallest absolute Gasteiger partial charge is 0.329 e. The lowest BCUT2D eigenvalue weighted by Gasteiger charge is -2.10. The van der Waals surface area contributed by atoms with Crippen LogP contribution in [0.15, 0.2) is 82.4 Å². The molecule has 3 aromatic carbocycles. The maximum atomic E-state index is 12.1. The first kappa shape index (κ1) is 24.0. The van der Waals surface area contributed by atoms with Gasteiger partial charge in [-0.15, -0.1) is 0 Å². The van der Waals surface area contributed by atoms with Crippen molar-refractivity contribution < 1.29 is 19.1 Å². The summed E-state index contributed by atoms with van der Waals surface area (Å²) in [6, 6.07) is 22.0. The van der Waals surface area contributed by atoms with Gasteiger partial charge in [-0.25, -0.2) is 5.43 Å². The Bertz CT molecular complexity index is 1100. The lowest BCUT2D eigenvalue weighted by molar-refractivity contribution is -0.136. The van der Waals surface area contributed by atoms with Crippen molar-refractivity contribution in [2.45, 2.75) is 20.0 Å². The Hall–Kier alpha value is -3.65. The van der Waals surface area contributed by atoms with Gasteiger partial charge in [0.05, 0.1) is 12.8 Å². The normalized spacial score (nSPS) is 10.6. The fourth-order valence-electron chi connectivity index (χ4n) is 2.74. The topological polar surface area (TPSA) is 89.0 Å². The van der Waals surface area contributed by atoms with Crippen molar-refractivity contribution in [1.82, 2.24) is 5.43 Å². The Morgan fingerprint density at radius 1 is 0.970 bits per heavy atom. The summed E-state index contributed by atoms with van der Waals surface area (Å²) in [5, 5.41) is 6.42. The van der Waals surface area contributed by atoms with Gasteiger partial charge in [-0.2, -0.15) is 5.10 Å². The average Bonchev–Trinajstić information content (AvgIpc) is 2.83. The number of rotatable bonds is 9. The van der Waals surface area contributed by atoms with E-state index in [1.807, 2.05) is 43.3 Å². The van der Waals surface area contributed by atoms with E-state index in [0.717, 1.165) is 16.5 Å². The molecule has 7 nitrogen and oxygen atoms in total. The quantitative estimate of drug-likeness (QED) is 0.243. The maximum Gasteiger partial charge on any atom is 0.329 e. The number of ether oxygens (including phenoxy) is 2. The molecule has 8 heteroatoms. The number of amides is 2. The van der Waals surface area contributed by atoms with E-state index in [4.69, 9.17) is 9.47 Å². The summed E-state index contributed by atoms with van der Waals surface area (Å²) in [7, 11) is 0. The predicted molar refractivity (Wildman–Crippen MR) is 132 cm³/mol. The number of carbonyl (C=O) groups is 2. The van der Waals surface area contributed by atoms with E-state index in [1.54, 1.807) is 36.4 Å². The minimum absolute atomic E-state index is 0.389. The number of halogens is 1. The highest BCUT2D eigenvalue weighted by Crippen LogP contribution is 2.23. The molecule has 0 fully saturated rings. The van der Waals surface area contributed by atoms with Gasteiger partial charge in [-0.3, -0.25) is 9.59 Å². The van der Waals surface area contributed by atoms with Gasteiger partial charge in [0.25, 0.3) is 0 Å². The number of nitrogens with zero attached hydrogens (tertiary/aromatic N) is 1. The maximum absolute atomic E-state index is 12.1. The number of carbonyl (C=O) groups excluding carboxylic acids is 2. The second-order valence-electron chi connectivity index (χ2n) is 6.98. The van der Waals surface area contributed by atoms with E-state index >= 15 is 0 Å². The Kier molecular flexibility index (Phi) is 9.02. The van der Waals surface area contributed by atoms with Crippen LogP contribution in [-0.4, -0.2) is 24.6 Å². The first-order valence-corrected chi connectivity index (χ1v) is 11.2. The van der Waals surface area contributed by atoms with Crippen molar-refractivity contribution in [3.63, 3.8) is 0 Å². The largest absolute Gasteiger partial charge is 0.494 e. The molecule has 0 unspecified atom stereocenters. The molecule has 0 saturated heterocycles. The molecule has 0 atom stereocenters. The van der Waals surface area contributed by atoms with Crippen LogP contribution in [0.1, 0.15) is 24.5 Å². The zero-order valence-electron chi connectivity index (χ0n) is 18.1. The molecule has 170 valence electrons. The first-order chi connectivity index (χ1) is 16.0. The highest BCUT2D eigenvalue weighted by atomic mass is 79.9. The van der Waals surface area contributed by atoms with Crippen LogP contribution >= 0.6 is 15.9 Å². The average molecular weight is 510 g/mol. The minimum atomic E-state index is -0.890. The van der Waals surface area contributed by atoms with E-state index in [0.29, 0.717) is 36.0 Å². The monoisotopic (exact) mass is 509 g/mol. The highest BCUT2D eigenvalue weighted by molar-refractivity contribution is 9.10. The Morgan fingerprint density at radius 3 is 2.45 bits per heavy atom. The fraction of sp³-hybridized carbons (Fsp3) is 0.160. The molecule has 0 radical (unpaired) electrons. The molecule has 0 aliphatic rings. The first-order valence-electron chi connectivity index (χ1n) is 10.4. The van der Waals surface area contributed by atoms with Crippen molar-refractivity contribution in [3.05, 3.63) is 88.4 Å². The van der Waals surface area contributed by atoms with Crippen molar-refractivity contribution >= 4 is 39.6 Å². The molecule has 3 aromatic rings. The molecule has 0 aliphatic heterocycles. The summed E-state index contributed by atoms with van der Waals surface area (Å²) >= 11 is 3.41. The second-order valence-corrected chi connectivity index (χ2v) is 7.90. The molecule has 33 heavy (non-hydrogen) atoms. The highest BCUT2D eigenvalue weighted by Gasteiger charge is 2.13. The Labute approximate surface area is 200 Å². The summed E-state index contributed by atoms with van der Waals surface area (Å²) in [4.78, 5) is 24.2. The third-order valence-electron chi connectivity index (χ3n) is 4.37. The van der Waals surface area contributed by atoms with Crippen LogP contribution in [0.5, 0.6) is 11.5 Å². The molecule has 0 bridgehead atoms. The molecule has 0 aromatic heterocycles. The zero-order valence-corrected chi connectivity index (χ0v) is 19.7. The lowest BCUT2D eigenvalue weighted by atomic mass is 10.2. The number of hydrogen-bond acceptors (Lipinski definition) is 5. The number of hydrogen-bond donors (Lipinski definition) is 2. The van der Waals surface area contributed by atoms with E-state index in [1.165, 1.54) is 6.21 Å². The summed E-state index contributed by atoms with van der Waals surface area (Å²) in [6.45, 7) is 3.02. The second kappa shape index (κ2) is 12.4. The SMILES string of the molecule is CCCOc1ccc(NC(=O)C(=O)N/N=C\c2cc(Br)ccc2OCc2ccccc2)cc1. The van der Waals surface area contributed by atoms with Gasteiger partial charge in [-0.1, -0.05) is 53.2 Å². The van der Waals surface area contributed by atoms with Crippen LogP contribution in [0.3, 0.4) is 0 Å². The van der Waals surface area contributed by atoms with E-state index in [2.05, 4.69) is 31.8 Å². The van der Waals surface area contributed by atoms with Gasteiger partial charge in [0.2, 0.25) is 0 Å². The molecule has 0 aliphatic carbocycles. The van der Waals surface area contributed by atoms with Crippen molar-refractivity contribution in [2.75, 3.05) is 11.9 Å². The Morgan fingerprint density at radius 2 is 1.73 bits per heavy atom. The number of hydrazone groups is 1. The van der Waals surface area contributed by atoms with Gasteiger partial charge in [0, 0.05) is 15.7 Å². The van der Waals surface area contributed by atoms with Crippen LogP contribution in [0, 0.1) is 0 Å². The summed E-state index contributed by atoms with van der Waals surface area (Å²) in [5.41, 5.74) is 4.38. The summed E-state index contributed by atoms with van der Waals surface area (Å²) in [5.74, 6) is -0.429. The molecular weight excluding hydrogens is 486 g/mol. The summed E-state index contributed by atoms with van der Waals surface area (Å²) in [6.07, 6.45) is 2.33. The molecule has 0 saturated carbocycles. The molecular formula is C25H24BrN3O4. The minimum Gasteiger partial charge on any atom is -0.494 e. The van der Waals surface area contributed by atoms with E-state index in [9.17, 15) is 9.59 Å². The number of benzene rings is 3. The van der Waals surface area contributed by atoms with Crippen molar-refractivity contribution in [2.24, 2.45) is 5.10 Å². The predicted octanol–water partition coefficient (Wildman–Crippen LogP) is 4.91. The van der Waals surface area contributed by atoms with Crippen LogP contribution in [0.25, 0.3) is 0 Å². The zero-order chi connectivity index (χ0) is 23.5. The van der Waals surface area contributed by atoms with Crippen molar-refractivity contribution in [1.29, 1.82) is 0 Å². The molecule has 2 N–H and O–H groups in total. The number of nitrogens with one attached hydrogen (secondary N) is 2. The van der Waals surface area contributed by atoms with Gasteiger partial charge < -0.3 is 14.8 Å². The third-order valence-corrected chi connectivity index (χ3v) is 4.86. The summed E-state index contributed by atoms with van der Waals surface area (Å²) < 4.78 is 12.2. The van der Waals surface area contributed by atoms with Gasteiger partial charge in [-0.05, 0) is 54.4 Å². The van der Waals surface area contributed by atoms with Gasteiger partial charge in [0.1, 0.15) is 18.1 Å². The standard InChI is InChI=1S/C25H24BrN3O4/c1-2-14-32-22-11-9-21(10-12-22)28-24(30)25(31)29-27-16-19-15-20(26)8-13-23(19)33-17-18-6-4-3-5-7-18/h3-13,15-16H,2,14,17H2,1H3,(H,28,30)(H,29,31)/b27-16-. The third kappa shape index (κ3) is 7.76. The van der Waals surface area contributed by atoms with Crippen LogP contribution < -0.4 is 20.2 Å². The van der Waals surface area contributed by atoms with E-state index in [-0.39, 0.29) is 0 Å². The lowest BCUT2D eigenvalue weighted by Crippen LogP contribution is -2.32. The van der Waals surface area contributed by atoms with Crippen LogP contribution in [0.4, 0.5) is 5.69 Å². The van der Waals surface area contributed by atoms with E-state index < -0.39 is 11.8 Å². The molecule has 0 heterocycles. The number of anilines is 1. The van der Waals surface area contributed by atoms with Crippen LogP contribution in [0.2, 0.25) is 0 Å². The van der Waals surface area contributed by atoms with Gasteiger partial charge >= 0.3 is 11.8 Å².